The zero-order chi connectivity index (χ0) is 16.0. The van der Waals surface area contributed by atoms with Crippen molar-refractivity contribution in [3.8, 4) is 0 Å². The lowest BCUT2D eigenvalue weighted by atomic mass is 10.1. The van der Waals surface area contributed by atoms with Gasteiger partial charge in [-0.25, -0.2) is 13.6 Å². The van der Waals surface area contributed by atoms with Gasteiger partial charge in [-0.2, -0.15) is 0 Å². The number of carbonyl (C=O) groups excluding carboxylic acids is 1. The predicted octanol–water partition coefficient (Wildman–Crippen LogP) is 0.0336. The molecule has 7 nitrogen and oxygen atoms in total. The summed E-state index contributed by atoms with van der Waals surface area (Å²) in [5, 5.41) is 7.74. The maximum atomic E-state index is 12.1. The van der Waals surface area contributed by atoms with E-state index in [-0.39, 0.29) is 23.1 Å². The van der Waals surface area contributed by atoms with Gasteiger partial charge in [-0.05, 0) is 30.7 Å². The van der Waals surface area contributed by atoms with Crippen LogP contribution < -0.4 is 10.5 Å². The fourth-order valence-electron chi connectivity index (χ4n) is 1.75. The lowest BCUT2D eigenvalue weighted by molar-refractivity contribution is 0.0285. The summed E-state index contributed by atoms with van der Waals surface area (Å²) >= 11 is 0. The first-order chi connectivity index (χ1) is 9.77. The van der Waals surface area contributed by atoms with E-state index in [4.69, 9.17) is 14.6 Å². The van der Waals surface area contributed by atoms with Crippen molar-refractivity contribution in [3.63, 3.8) is 0 Å². The number of primary sulfonamides is 1. The van der Waals surface area contributed by atoms with Crippen LogP contribution in [-0.2, 0) is 19.5 Å². The van der Waals surface area contributed by atoms with Crippen LogP contribution in [0.4, 0.5) is 0 Å². The molecule has 0 aromatic heterocycles. The van der Waals surface area contributed by atoms with Gasteiger partial charge in [0.15, 0.2) is 0 Å². The summed E-state index contributed by atoms with van der Waals surface area (Å²) in [5.74, 6) is -0.401. The van der Waals surface area contributed by atoms with Crippen molar-refractivity contribution in [2.24, 2.45) is 5.14 Å². The molecule has 1 atom stereocenters. The second-order valence-corrected chi connectivity index (χ2v) is 6.16. The number of ether oxygens (including phenoxy) is 2. The average molecular weight is 316 g/mol. The molecule has 3 N–H and O–H groups in total. The molecule has 0 aliphatic carbocycles. The second kappa shape index (κ2) is 7.51. The summed E-state index contributed by atoms with van der Waals surface area (Å²) in [5.41, 5.74) is 0.859. The van der Waals surface area contributed by atoms with Crippen LogP contribution >= 0.6 is 0 Å². The Labute approximate surface area is 124 Å². The predicted molar refractivity (Wildman–Crippen MR) is 77.6 cm³/mol. The quantitative estimate of drug-likeness (QED) is 0.738. The number of nitrogens with one attached hydrogen (secondary N) is 1. The first-order valence-corrected chi connectivity index (χ1v) is 7.77. The topological polar surface area (TPSA) is 108 Å². The van der Waals surface area contributed by atoms with Gasteiger partial charge >= 0.3 is 0 Å². The van der Waals surface area contributed by atoms with Gasteiger partial charge in [0.25, 0.3) is 5.91 Å². The van der Waals surface area contributed by atoms with Crippen molar-refractivity contribution in [2.75, 3.05) is 27.4 Å². The molecular weight excluding hydrogens is 296 g/mol. The molecule has 0 aliphatic rings. The monoisotopic (exact) mass is 316 g/mol. The van der Waals surface area contributed by atoms with E-state index in [1.165, 1.54) is 26.4 Å². The first kappa shape index (κ1) is 17.6. The number of amides is 1. The molecule has 1 unspecified atom stereocenters. The third kappa shape index (κ3) is 5.43. The van der Waals surface area contributed by atoms with Crippen LogP contribution in [-0.4, -0.2) is 47.8 Å². The maximum absolute atomic E-state index is 12.1. The molecular formula is C13H20N2O5S. The third-order valence-electron chi connectivity index (χ3n) is 2.82. The molecule has 0 spiro atoms. The number of aryl methyl sites for hydroxylation is 1. The fraction of sp³-hybridized carbons (Fsp3) is 0.462. The smallest absolute Gasteiger partial charge is 0.251 e. The Balaban J connectivity index is 2.86. The zero-order valence-electron chi connectivity index (χ0n) is 12.3. The normalized spacial score (nSPS) is 13.0. The molecule has 0 radical (unpaired) electrons. The molecule has 0 bridgehead atoms. The third-order valence-corrected chi connectivity index (χ3v) is 3.71. The van der Waals surface area contributed by atoms with Crippen LogP contribution in [0.3, 0.4) is 0 Å². The first-order valence-electron chi connectivity index (χ1n) is 6.22. The summed E-state index contributed by atoms with van der Waals surface area (Å²) in [4.78, 5) is 12.0. The molecule has 21 heavy (non-hydrogen) atoms. The van der Waals surface area contributed by atoms with Gasteiger partial charge in [0, 0.05) is 26.3 Å². The van der Waals surface area contributed by atoms with Crippen LogP contribution in [0.1, 0.15) is 15.9 Å². The van der Waals surface area contributed by atoms with Crippen molar-refractivity contribution in [3.05, 3.63) is 29.3 Å². The largest absolute Gasteiger partial charge is 0.382 e. The Morgan fingerprint density at radius 3 is 2.52 bits per heavy atom. The summed E-state index contributed by atoms with van der Waals surface area (Å²) in [6, 6.07) is 4.24. The molecule has 0 aliphatic heterocycles. The summed E-state index contributed by atoms with van der Waals surface area (Å²) < 4.78 is 32.8. The van der Waals surface area contributed by atoms with Gasteiger partial charge in [-0.15, -0.1) is 0 Å². The van der Waals surface area contributed by atoms with Crippen molar-refractivity contribution in [1.29, 1.82) is 0 Å². The minimum Gasteiger partial charge on any atom is -0.382 e. The number of carbonyl (C=O) groups is 1. The number of nitrogens with two attached hydrogens (primary N) is 1. The van der Waals surface area contributed by atoms with Gasteiger partial charge in [0.1, 0.15) is 0 Å². The Morgan fingerprint density at radius 1 is 1.33 bits per heavy atom. The highest BCUT2D eigenvalue weighted by atomic mass is 32.2. The highest BCUT2D eigenvalue weighted by molar-refractivity contribution is 7.89. The molecule has 118 valence electrons. The van der Waals surface area contributed by atoms with E-state index in [0.717, 1.165) is 0 Å². The zero-order valence-corrected chi connectivity index (χ0v) is 13.1. The maximum Gasteiger partial charge on any atom is 0.251 e. The summed E-state index contributed by atoms with van der Waals surface area (Å²) in [7, 11) is -0.801. The van der Waals surface area contributed by atoms with Crippen molar-refractivity contribution in [2.45, 2.75) is 17.9 Å². The van der Waals surface area contributed by atoms with Crippen molar-refractivity contribution in [1.82, 2.24) is 5.32 Å². The number of benzene rings is 1. The van der Waals surface area contributed by atoms with Gasteiger partial charge in [-0.3, -0.25) is 4.79 Å². The highest BCUT2D eigenvalue weighted by Gasteiger charge is 2.15. The van der Waals surface area contributed by atoms with E-state index in [9.17, 15) is 13.2 Å². The molecule has 0 fully saturated rings. The van der Waals surface area contributed by atoms with E-state index < -0.39 is 15.9 Å². The Bertz CT molecular complexity index is 601. The van der Waals surface area contributed by atoms with E-state index in [1.54, 1.807) is 13.0 Å². The van der Waals surface area contributed by atoms with E-state index in [0.29, 0.717) is 12.2 Å². The van der Waals surface area contributed by atoms with Gasteiger partial charge < -0.3 is 14.8 Å². The molecule has 1 aromatic carbocycles. The second-order valence-electron chi connectivity index (χ2n) is 4.60. The van der Waals surface area contributed by atoms with Crippen molar-refractivity contribution >= 4 is 15.9 Å². The number of hydrogen-bond donors (Lipinski definition) is 2. The van der Waals surface area contributed by atoms with Crippen molar-refractivity contribution < 1.29 is 22.7 Å². The molecule has 1 amide bonds. The SMILES string of the molecule is COCC(CNC(=O)c1cc(C)cc(S(N)(=O)=O)c1)OC. The van der Waals surface area contributed by atoms with Crippen LogP contribution in [0.5, 0.6) is 0 Å². The molecule has 8 heteroatoms. The standard InChI is InChI=1S/C13H20N2O5S/c1-9-4-10(6-12(5-9)21(14,17)18)13(16)15-7-11(20-3)8-19-2/h4-6,11H,7-8H2,1-3H3,(H,15,16)(H2,14,17,18). The number of rotatable bonds is 7. The van der Waals surface area contributed by atoms with E-state index >= 15 is 0 Å². The summed E-state index contributed by atoms with van der Waals surface area (Å²) in [6.07, 6.45) is -0.276. The number of sulfonamides is 1. The van der Waals surface area contributed by atoms with E-state index in [1.807, 2.05) is 0 Å². The summed E-state index contributed by atoms with van der Waals surface area (Å²) in [6.45, 7) is 2.28. The molecule has 0 saturated heterocycles. The lowest BCUT2D eigenvalue weighted by Gasteiger charge is -2.15. The van der Waals surface area contributed by atoms with Crippen LogP contribution in [0.2, 0.25) is 0 Å². The molecule has 0 heterocycles. The van der Waals surface area contributed by atoms with Crippen LogP contribution in [0.25, 0.3) is 0 Å². The fourth-order valence-corrected chi connectivity index (χ4v) is 2.39. The minimum absolute atomic E-state index is 0.0900. The minimum atomic E-state index is -3.85. The highest BCUT2D eigenvalue weighted by Crippen LogP contribution is 2.13. The average Bonchev–Trinajstić information content (AvgIpc) is 2.41. The van der Waals surface area contributed by atoms with Crippen LogP contribution in [0.15, 0.2) is 23.1 Å². The Morgan fingerprint density at radius 2 is 2.00 bits per heavy atom. The molecule has 0 saturated carbocycles. The van der Waals surface area contributed by atoms with Gasteiger partial charge in [0.2, 0.25) is 10.0 Å². The molecule has 1 aromatic rings. The Hall–Kier alpha value is -1.48. The van der Waals surface area contributed by atoms with E-state index in [2.05, 4.69) is 5.32 Å². The molecule has 1 rings (SSSR count). The van der Waals surface area contributed by atoms with Gasteiger partial charge in [-0.1, -0.05) is 0 Å². The number of hydrogen-bond acceptors (Lipinski definition) is 5. The number of methoxy groups -OCH3 is 2. The van der Waals surface area contributed by atoms with Gasteiger partial charge in [0.05, 0.1) is 17.6 Å². The van der Waals surface area contributed by atoms with Crippen LogP contribution in [0, 0.1) is 6.92 Å². The lowest BCUT2D eigenvalue weighted by Crippen LogP contribution is -2.35. The Kier molecular flexibility index (Phi) is 6.28.